The molecule has 1 aliphatic rings. The second kappa shape index (κ2) is 9.27. The number of nitrogens with zero attached hydrogens (tertiary/aromatic N) is 2. The number of methoxy groups -OCH3 is 1. The number of hydrogen-bond acceptors (Lipinski definition) is 4. The minimum atomic E-state index is -0.226. The van der Waals surface area contributed by atoms with Gasteiger partial charge in [-0.2, -0.15) is 0 Å². The van der Waals surface area contributed by atoms with Crippen LogP contribution in [-0.4, -0.2) is 54.6 Å². The van der Waals surface area contributed by atoms with Crippen molar-refractivity contribution < 1.29 is 18.7 Å². The normalized spacial score (nSPS) is 19.8. The highest BCUT2D eigenvalue weighted by molar-refractivity contribution is 5.78. The lowest BCUT2D eigenvalue weighted by Crippen LogP contribution is -2.58. The fourth-order valence-corrected chi connectivity index (χ4v) is 3.71. The van der Waals surface area contributed by atoms with Crippen LogP contribution in [-0.2, 0) is 11.3 Å². The number of hydrogen-bond donors (Lipinski definition) is 0. The molecule has 1 fully saturated rings. The molecule has 1 heterocycles. The molecule has 1 aliphatic heterocycles. The monoisotopic (exact) mass is 400 g/mol. The second-order valence-corrected chi connectivity index (χ2v) is 7.74. The van der Waals surface area contributed by atoms with Gasteiger partial charge in [-0.15, -0.1) is 0 Å². The molecule has 1 saturated heterocycles. The van der Waals surface area contributed by atoms with Crippen molar-refractivity contribution in [2.45, 2.75) is 39.4 Å². The van der Waals surface area contributed by atoms with Gasteiger partial charge in [-0.1, -0.05) is 18.2 Å². The molecule has 2 unspecified atom stereocenters. The number of piperazine rings is 1. The lowest BCUT2D eigenvalue weighted by atomic mass is 10.1. The van der Waals surface area contributed by atoms with E-state index in [1.165, 1.54) is 12.1 Å². The standard InChI is InChI=1S/C23H29FN2O3/c1-16-5-10-21(22(11-16)28-4)29-15-23(27)26-13-17(2)25(12-18(26)3)14-19-6-8-20(24)9-7-19/h5-11,17-18H,12-15H2,1-4H3. The summed E-state index contributed by atoms with van der Waals surface area (Å²) in [7, 11) is 1.59. The lowest BCUT2D eigenvalue weighted by Gasteiger charge is -2.44. The van der Waals surface area contributed by atoms with Crippen LogP contribution in [0.1, 0.15) is 25.0 Å². The lowest BCUT2D eigenvalue weighted by molar-refractivity contribution is -0.139. The van der Waals surface area contributed by atoms with E-state index in [0.29, 0.717) is 18.0 Å². The van der Waals surface area contributed by atoms with E-state index in [0.717, 1.165) is 24.2 Å². The molecule has 6 heteroatoms. The predicted octanol–water partition coefficient (Wildman–Crippen LogP) is 3.64. The molecule has 2 atom stereocenters. The average Bonchev–Trinajstić information content (AvgIpc) is 2.70. The number of ether oxygens (including phenoxy) is 2. The summed E-state index contributed by atoms with van der Waals surface area (Å²) in [5.74, 6) is 0.939. The third-order valence-corrected chi connectivity index (χ3v) is 5.40. The van der Waals surface area contributed by atoms with Crippen LogP contribution < -0.4 is 9.47 Å². The summed E-state index contributed by atoms with van der Waals surface area (Å²) in [6.45, 7) is 8.26. The zero-order chi connectivity index (χ0) is 21.0. The summed E-state index contributed by atoms with van der Waals surface area (Å²) in [5, 5.41) is 0. The highest BCUT2D eigenvalue weighted by Gasteiger charge is 2.32. The van der Waals surface area contributed by atoms with Crippen LogP contribution in [0.5, 0.6) is 11.5 Å². The Hall–Kier alpha value is -2.60. The van der Waals surface area contributed by atoms with Crippen molar-refractivity contribution in [2.24, 2.45) is 0 Å². The number of halogens is 1. The van der Waals surface area contributed by atoms with Crippen LogP contribution in [0.25, 0.3) is 0 Å². The topological polar surface area (TPSA) is 42.0 Å². The summed E-state index contributed by atoms with van der Waals surface area (Å²) < 4.78 is 24.2. The van der Waals surface area contributed by atoms with Crippen molar-refractivity contribution in [3.05, 3.63) is 59.4 Å². The minimum Gasteiger partial charge on any atom is -0.493 e. The maximum absolute atomic E-state index is 13.1. The van der Waals surface area contributed by atoms with E-state index in [4.69, 9.17) is 9.47 Å². The van der Waals surface area contributed by atoms with Crippen molar-refractivity contribution in [3.8, 4) is 11.5 Å². The molecule has 0 radical (unpaired) electrons. The average molecular weight is 400 g/mol. The Morgan fingerprint density at radius 3 is 2.48 bits per heavy atom. The summed E-state index contributed by atoms with van der Waals surface area (Å²) in [5.41, 5.74) is 2.14. The molecule has 2 aromatic rings. The molecule has 0 bridgehead atoms. The summed E-state index contributed by atoms with van der Waals surface area (Å²) in [6.07, 6.45) is 0. The van der Waals surface area contributed by atoms with E-state index < -0.39 is 0 Å². The van der Waals surface area contributed by atoms with Gasteiger partial charge in [0.05, 0.1) is 7.11 Å². The molecule has 3 rings (SSSR count). The highest BCUT2D eigenvalue weighted by Crippen LogP contribution is 2.28. The molecule has 0 spiro atoms. The summed E-state index contributed by atoms with van der Waals surface area (Å²) in [4.78, 5) is 17.0. The molecule has 1 amide bonds. The van der Waals surface area contributed by atoms with Gasteiger partial charge < -0.3 is 14.4 Å². The fourth-order valence-electron chi connectivity index (χ4n) is 3.71. The Balaban J connectivity index is 1.58. The maximum Gasteiger partial charge on any atom is 0.260 e. The van der Waals surface area contributed by atoms with Gasteiger partial charge in [-0.05, 0) is 56.2 Å². The third kappa shape index (κ3) is 5.26. The molecular weight excluding hydrogens is 371 g/mol. The summed E-state index contributed by atoms with van der Waals surface area (Å²) in [6, 6.07) is 12.5. The molecule has 5 nitrogen and oxygen atoms in total. The maximum atomic E-state index is 13.1. The van der Waals surface area contributed by atoms with E-state index in [9.17, 15) is 9.18 Å². The van der Waals surface area contributed by atoms with Crippen LogP contribution in [0.2, 0.25) is 0 Å². The fraction of sp³-hybridized carbons (Fsp3) is 0.435. The largest absolute Gasteiger partial charge is 0.493 e. The van der Waals surface area contributed by atoms with Crippen LogP contribution in [0.4, 0.5) is 4.39 Å². The van der Waals surface area contributed by atoms with Crippen molar-refractivity contribution in [2.75, 3.05) is 26.8 Å². The molecule has 156 valence electrons. The van der Waals surface area contributed by atoms with Crippen molar-refractivity contribution in [1.82, 2.24) is 9.80 Å². The second-order valence-electron chi connectivity index (χ2n) is 7.74. The first-order valence-electron chi connectivity index (χ1n) is 9.92. The molecule has 29 heavy (non-hydrogen) atoms. The highest BCUT2D eigenvalue weighted by atomic mass is 19.1. The Labute approximate surface area is 172 Å². The van der Waals surface area contributed by atoms with Gasteiger partial charge in [0, 0.05) is 31.7 Å². The number of carbonyl (C=O) groups is 1. The van der Waals surface area contributed by atoms with Crippen LogP contribution in [0.15, 0.2) is 42.5 Å². The number of carbonyl (C=O) groups excluding carboxylic acids is 1. The van der Waals surface area contributed by atoms with Crippen LogP contribution in [0, 0.1) is 12.7 Å². The number of benzene rings is 2. The first-order chi connectivity index (χ1) is 13.9. The van der Waals surface area contributed by atoms with Gasteiger partial charge in [-0.25, -0.2) is 4.39 Å². The number of amides is 1. The van der Waals surface area contributed by atoms with E-state index in [-0.39, 0.29) is 30.4 Å². The van der Waals surface area contributed by atoms with E-state index in [1.54, 1.807) is 7.11 Å². The Bertz CT molecular complexity index is 841. The molecule has 0 aromatic heterocycles. The Morgan fingerprint density at radius 2 is 1.79 bits per heavy atom. The van der Waals surface area contributed by atoms with Crippen LogP contribution >= 0.6 is 0 Å². The first kappa shape index (κ1) is 21.1. The van der Waals surface area contributed by atoms with E-state index in [1.807, 2.05) is 49.1 Å². The molecule has 2 aromatic carbocycles. The zero-order valence-corrected chi connectivity index (χ0v) is 17.5. The number of rotatable bonds is 6. The Kier molecular flexibility index (Phi) is 6.75. The Morgan fingerprint density at radius 1 is 1.07 bits per heavy atom. The minimum absolute atomic E-state index is 0.0194. The SMILES string of the molecule is COc1cc(C)ccc1OCC(=O)N1CC(C)N(Cc2ccc(F)cc2)CC1C. The van der Waals surface area contributed by atoms with Gasteiger partial charge in [0.2, 0.25) is 0 Å². The van der Waals surface area contributed by atoms with Gasteiger partial charge in [0.1, 0.15) is 5.82 Å². The van der Waals surface area contributed by atoms with Gasteiger partial charge >= 0.3 is 0 Å². The van der Waals surface area contributed by atoms with Gasteiger partial charge in [0.15, 0.2) is 18.1 Å². The predicted molar refractivity (Wildman–Crippen MR) is 111 cm³/mol. The van der Waals surface area contributed by atoms with E-state index >= 15 is 0 Å². The molecule has 0 saturated carbocycles. The summed E-state index contributed by atoms with van der Waals surface area (Å²) >= 11 is 0. The van der Waals surface area contributed by atoms with Gasteiger partial charge in [-0.3, -0.25) is 9.69 Å². The van der Waals surface area contributed by atoms with Gasteiger partial charge in [0.25, 0.3) is 5.91 Å². The third-order valence-electron chi connectivity index (χ3n) is 5.40. The first-order valence-corrected chi connectivity index (χ1v) is 9.92. The molecule has 0 aliphatic carbocycles. The zero-order valence-electron chi connectivity index (χ0n) is 17.5. The van der Waals surface area contributed by atoms with Crippen molar-refractivity contribution in [1.29, 1.82) is 0 Å². The quantitative estimate of drug-likeness (QED) is 0.742. The van der Waals surface area contributed by atoms with E-state index in [2.05, 4.69) is 11.8 Å². The molecule has 0 N–H and O–H groups in total. The van der Waals surface area contributed by atoms with Crippen molar-refractivity contribution >= 4 is 5.91 Å². The van der Waals surface area contributed by atoms with Crippen molar-refractivity contribution in [3.63, 3.8) is 0 Å². The molecular formula is C23H29FN2O3. The van der Waals surface area contributed by atoms with Crippen LogP contribution in [0.3, 0.4) is 0 Å². The number of aryl methyl sites for hydroxylation is 1. The smallest absolute Gasteiger partial charge is 0.260 e.